The van der Waals surface area contributed by atoms with E-state index in [-0.39, 0.29) is 23.6 Å². The van der Waals surface area contributed by atoms with Gasteiger partial charge in [0, 0.05) is 23.5 Å². The van der Waals surface area contributed by atoms with Crippen LogP contribution in [0, 0.1) is 0 Å². The molecule has 0 aromatic carbocycles. The molecule has 0 bridgehead atoms. The molecule has 1 saturated heterocycles. The molecule has 1 amide bonds. The number of thioether (sulfide) groups is 1. The summed E-state index contributed by atoms with van der Waals surface area (Å²) in [5.74, 6) is 0.451. The van der Waals surface area contributed by atoms with Crippen LogP contribution in [0.5, 0.6) is 0 Å². The summed E-state index contributed by atoms with van der Waals surface area (Å²) in [6, 6.07) is 0.561. The summed E-state index contributed by atoms with van der Waals surface area (Å²) in [4.78, 5) is 35.0. The van der Waals surface area contributed by atoms with E-state index in [1.807, 2.05) is 4.90 Å². The Morgan fingerprint density at radius 1 is 1.29 bits per heavy atom. The minimum absolute atomic E-state index is 0.0129. The maximum atomic E-state index is 13.2. The fourth-order valence-corrected chi connectivity index (χ4v) is 6.75. The van der Waals surface area contributed by atoms with Crippen LogP contribution < -0.4 is 5.56 Å². The van der Waals surface area contributed by atoms with E-state index in [9.17, 15) is 9.59 Å². The number of hydrogen-bond donors (Lipinski definition) is 0. The average Bonchev–Trinajstić information content (AvgIpc) is 3.23. The molecular weight excluding hydrogens is 390 g/mol. The van der Waals surface area contributed by atoms with Gasteiger partial charge >= 0.3 is 0 Å². The van der Waals surface area contributed by atoms with Crippen molar-refractivity contribution in [1.29, 1.82) is 0 Å². The van der Waals surface area contributed by atoms with Crippen molar-refractivity contribution < 1.29 is 4.79 Å². The highest BCUT2D eigenvalue weighted by Gasteiger charge is 2.29. The molecule has 1 aliphatic heterocycles. The molecule has 1 fully saturated rings. The molecule has 150 valence electrons. The number of piperidine rings is 1. The molecule has 0 saturated carbocycles. The van der Waals surface area contributed by atoms with E-state index in [1.165, 1.54) is 28.6 Å². The van der Waals surface area contributed by atoms with Gasteiger partial charge in [0.1, 0.15) is 4.83 Å². The first kappa shape index (κ1) is 19.7. The van der Waals surface area contributed by atoms with Crippen LogP contribution in [0.15, 0.2) is 22.6 Å². The largest absolute Gasteiger partial charge is 0.337 e. The molecule has 5 nitrogen and oxygen atoms in total. The Morgan fingerprint density at radius 2 is 2.04 bits per heavy atom. The molecule has 4 rings (SSSR count). The van der Waals surface area contributed by atoms with Gasteiger partial charge in [0.05, 0.1) is 11.1 Å². The zero-order chi connectivity index (χ0) is 19.8. The molecule has 0 spiro atoms. The van der Waals surface area contributed by atoms with Gasteiger partial charge in [0.25, 0.3) is 5.56 Å². The molecule has 3 heterocycles. The number of nitrogens with zero attached hydrogens (tertiary/aromatic N) is 3. The summed E-state index contributed by atoms with van der Waals surface area (Å²) >= 11 is 3.03. The van der Waals surface area contributed by atoms with E-state index in [0.717, 1.165) is 42.3 Å². The van der Waals surface area contributed by atoms with Crippen molar-refractivity contribution in [2.75, 3.05) is 5.75 Å². The third kappa shape index (κ3) is 3.43. The second-order valence-electron chi connectivity index (χ2n) is 7.85. The van der Waals surface area contributed by atoms with Crippen molar-refractivity contribution in [3.63, 3.8) is 0 Å². The fourth-order valence-electron chi connectivity index (χ4n) is 4.57. The Morgan fingerprint density at radius 3 is 2.75 bits per heavy atom. The first-order valence-electron chi connectivity index (χ1n) is 10.1. The van der Waals surface area contributed by atoms with E-state index in [1.54, 1.807) is 22.0 Å². The fraction of sp³-hybridized carbons (Fsp3) is 0.571. The van der Waals surface area contributed by atoms with Crippen LogP contribution in [-0.2, 0) is 24.2 Å². The van der Waals surface area contributed by atoms with Gasteiger partial charge in [-0.05, 0) is 57.9 Å². The van der Waals surface area contributed by atoms with Crippen LogP contribution in [0.4, 0.5) is 0 Å². The molecule has 2 aromatic rings. The number of carbonyl (C=O) groups excluding carboxylic acids is 1. The number of amides is 1. The van der Waals surface area contributed by atoms with Crippen LogP contribution in [0.2, 0.25) is 0 Å². The van der Waals surface area contributed by atoms with Crippen molar-refractivity contribution in [2.45, 2.75) is 76.2 Å². The van der Waals surface area contributed by atoms with Gasteiger partial charge in [-0.25, -0.2) is 4.98 Å². The number of allylic oxidation sites excluding steroid dienone is 1. The van der Waals surface area contributed by atoms with Gasteiger partial charge in [-0.1, -0.05) is 17.8 Å². The second kappa shape index (κ2) is 8.03. The highest BCUT2D eigenvalue weighted by atomic mass is 32.2. The number of thiophene rings is 1. The number of carbonyl (C=O) groups is 1. The zero-order valence-corrected chi connectivity index (χ0v) is 18.2. The molecule has 0 radical (unpaired) electrons. The molecule has 2 aromatic heterocycles. The van der Waals surface area contributed by atoms with E-state index < -0.39 is 0 Å². The normalized spacial score (nSPS) is 21.9. The molecule has 0 N–H and O–H groups in total. The van der Waals surface area contributed by atoms with Gasteiger partial charge in [-0.3, -0.25) is 14.2 Å². The molecular formula is C21H27N3O2S2. The lowest BCUT2D eigenvalue weighted by Gasteiger charge is -2.39. The van der Waals surface area contributed by atoms with Crippen LogP contribution in [0.3, 0.4) is 0 Å². The SMILES string of the molecule is C=CCn1c(SCC(=O)N2[C@H](C)CCC[C@H]2C)nc2sc3c(c2c1=O)CCC3. The minimum Gasteiger partial charge on any atom is -0.337 e. The quantitative estimate of drug-likeness (QED) is 0.419. The standard InChI is InChI=1S/C21H27N3O2S2/c1-4-11-23-20(26)18-15-9-6-10-16(15)28-19(18)22-21(23)27-12-17(25)24-13(2)7-5-8-14(24)3/h4,13-14H,1,5-12H2,2-3H3/t13-,14-/m1/s1. The van der Waals surface area contributed by atoms with E-state index >= 15 is 0 Å². The molecule has 1 aliphatic carbocycles. The number of hydrogen-bond acceptors (Lipinski definition) is 5. The summed E-state index contributed by atoms with van der Waals surface area (Å²) in [6.45, 7) is 8.47. The predicted molar refractivity (Wildman–Crippen MR) is 116 cm³/mol. The predicted octanol–water partition coefficient (Wildman–Crippen LogP) is 4.01. The summed E-state index contributed by atoms with van der Waals surface area (Å²) in [5.41, 5.74) is 1.21. The Bertz CT molecular complexity index is 968. The van der Waals surface area contributed by atoms with Crippen LogP contribution in [0.25, 0.3) is 10.2 Å². The number of aryl methyl sites for hydroxylation is 2. The third-order valence-electron chi connectivity index (χ3n) is 5.91. The lowest BCUT2D eigenvalue weighted by Crippen LogP contribution is -2.48. The maximum absolute atomic E-state index is 13.2. The average molecular weight is 418 g/mol. The molecule has 28 heavy (non-hydrogen) atoms. The van der Waals surface area contributed by atoms with Gasteiger partial charge in [-0.15, -0.1) is 17.9 Å². The van der Waals surface area contributed by atoms with Crippen molar-refractivity contribution in [3.8, 4) is 0 Å². The van der Waals surface area contributed by atoms with Crippen molar-refractivity contribution in [1.82, 2.24) is 14.5 Å². The number of aromatic nitrogens is 2. The van der Waals surface area contributed by atoms with Gasteiger partial charge in [0.15, 0.2) is 5.16 Å². The topological polar surface area (TPSA) is 55.2 Å². The summed E-state index contributed by atoms with van der Waals surface area (Å²) in [5, 5.41) is 1.41. The first-order valence-corrected chi connectivity index (χ1v) is 11.9. The Hall–Kier alpha value is -1.60. The highest BCUT2D eigenvalue weighted by Crippen LogP contribution is 2.35. The van der Waals surface area contributed by atoms with E-state index in [4.69, 9.17) is 4.98 Å². The summed E-state index contributed by atoms with van der Waals surface area (Å²) in [7, 11) is 0. The van der Waals surface area contributed by atoms with Gasteiger partial charge < -0.3 is 4.90 Å². The van der Waals surface area contributed by atoms with Crippen LogP contribution in [-0.4, -0.2) is 38.2 Å². The first-order chi connectivity index (χ1) is 13.5. The number of likely N-dealkylation sites (tertiary alicyclic amines) is 1. The Balaban J connectivity index is 1.63. The van der Waals surface area contributed by atoms with Crippen molar-refractivity contribution in [2.24, 2.45) is 0 Å². The van der Waals surface area contributed by atoms with Crippen LogP contribution in [0.1, 0.15) is 50.0 Å². The lowest BCUT2D eigenvalue weighted by atomic mass is 9.98. The Labute approximate surface area is 173 Å². The van der Waals surface area contributed by atoms with Crippen molar-refractivity contribution in [3.05, 3.63) is 33.4 Å². The zero-order valence-electron chi connectivity index (χ0n) is 16.6. The monoisotopic (exact) mass is 417 g/mol. The third-order valence-corrected chi connectivity index (χ3v) is 8.05. The smallest absolute Gasteiger partial charge is 0.263 e. The van der Waals surface area contributed by atoms with Crippen LogP contribution >= 0.6 is 23.1 Å². The summed E-state index contributed by atoms with van der Waals surface area (Å²) in [6.07, 6.45) is 8.16. The van der Waals surface area contributed by atoms with Crippen molar-refractivity contribution >= 4 is 39.2 Å². The molecule has 0 unspecified atom stereocenters. The van der Waals surface area contributed by atoms with Gasteiger partial charge in [-0.2, -0.15) is 0 Å². The second-order valence-corrected chi connectivity index (χ2v) is 9.88. The maximum Gasteiger partial charge on any atom is 0.263 e. The minimum atomic E-state index is 0.0129. The summed E-state index contributed by atoms with van der Waals surface area (Å²) < 4.78 is 1.68. The number of rotatable bonds is 5. The molecule has 2 atom stereocenters. The molecule has 7 heteroatoms. The highest BCUT2D eigenvalue weighted by molar-refractivity contribution is 7.99. The van der Waals surface area contributed by atoms with E-state index in [2.05, 4.69) is 20.4 Å². The molecule has 2 aliphatic rings. The van der Waals surface area contributed by atoms with Gasteiger partial charge in [0.2, 0.25) is 5.91 Å². The number of fused-ring (bicyclic) bond motifs is 3. The lowest BCUT2D eigenvalue weighted by molar-refractivity contribution is -0.134. The van der Waals surface area contributed by atoms with E-state index in [0.29, 0.717) is 17.5 Å². The Kier molecular flexibility index (Phi) is 5.65.